The van der Waals surface area contributed by atoms with Crippen molar-refractivity contribution in [2.75, 3.05) is 6.54 Å². The van der Waals surface area contributed by atoms with Gasteiger partial charge in [-0.05, 0) is 43.7 Å². The minimum absolute atomic E-state index is 0.0218. The molecular weight excluding hydrogens is 426 g/mol. The van der Waals surface area contributed by atoms with Gasteiger partial charge < -0.3 is 5.11 Å². The van der Waals surface area contributed by atoms with Crippen LogP contribution in [0.4, 0.5) is 0 Å². The number of phenolic OH excluding ortho intramolecular Hbond substituents is 1. The van der Waals surface area contributed by atoms with Gasteiger partial charge >= 0.3 is 0 Å². The van der Waals surface area contributed by atoms with Crippen molar-refractivity contribution >= 4 is 22.1 Å². The van der Waals surface area contributed by atoms with Crippen molar-refractivity contribution in [3.63, 3.8) is 0 Å². The summed E-state index contributed by atoms with van der Waals surface area (Å²) in [5.74, 6) is -0.575. The van der Waals surface area contributed by atoms with Crippen LogP contribution in [0.25, 0.3) is 0 Å². The number of hydrazone groups is 1. The highest BCUT2D eigenvalue weighted by Crippen LogP contribution is 2.19. The van der Waals surface area contributed by atoms with Crippen LogP contribution in [-0.2, 0) is 21.4 Å². The maximum atomic E-state index is 13.3. The van der Waals surface area contributed by atoms with Crippen LogP contribution in [0.3, 0.4) is 0 Å². The molecule has 3 aromatic carbocycles. The number of hydrogen-bond donors (Lipinski definition) is 2. The number of nitrogens with one attached hydrogen (secondary N) is 1. The summed E-state index contributed by atoms with van der Waals surface area (Å²) in [6.07, 6.45) is 1.30. The predicted molar refractivity (Wildman–Crippen MR) is 124 cm³/mol. The van der Waals surface area contributed by atoms with Gasteiger partial charge in [0, 0.05) is 12.1 Å². The average Bonchev–Trinajstić information content (AvgIpc) is 2.75. The lowest BCUT2D eigenvalue weighted by atomic mass is 10.1. The molecule has 0 radical (unpaired) electrons. The molecule has 0 atom stereocenters. The lowest BCUT2D eigenvalue weighted by molar-refractivity contribution is -0.121. The van der Waals surface area contributed by atoms with Crippen LogP contribution in [0, 0.1) is 13.8 Å². The first-order valence-electron chi connectivity index (χ1n) is 9.98. The molecule has 2 N–H and O–H groups in total. The Bertz CT molecular complexity index is 1220. The molecule has 0 unspecified atom stereocenters. The summed E-state index contributed by atoms with van der Waals surface area (Å²) in [6, 6.07) is 20.5. The summed E-state index contributed by atoms with van der Waals surface area (Å²) in [7, 11) is -3.93. The number of aromatic hydroxyl groups is 1. The SMILES string of the molecule is Cc1ccc(S(=O)(=O)N(CC(=O)N/N=C\c2ccccc2O)Cc2cccc(C)c2)cc1. The van der Waals surface area contributed by atoms with Crippen LogP contribution in [0.5, 0.6) is 5.75 Å². The molecule has 0 aromatic heterocycles. The fourth-order valence-corrected chi connectivity index (χ4v) is 4.45. The molecule has 0 aliphatic rings. The Kier molecular flexibility index (Phi) is 7.40. The number of benzene rings is 3. The number of sulfonamides is 1. The molecule has 7 nitrogen and oxygen atoms in total. The monoisotopic (exact) mass is 451 g/mol. The molecule has 8 heteroatoms. The number of phenols is 1. The third kappa shape index (κ3) is 6.03. The Morgan fingerprint density at radius 2 is 1.72 bits per heavy atom. The van der Waals surface area contributed by atoms with E-state index in [-0.39, 0.29) is 17.2 Å². The lowest BCUT2D eigenvalue weighted by Crippen LogP contribution is -2.39. The summed E-state index contributed by atoms with van der Waals surface area (Å²) in [5, 5.41) is 13.6. The minimum atomic E-state index is -3.93. The zero-order chi connectivity index (χ0) is 23.1. The van der Waals surface area contributed by atoms with Crippen molar-refractivity contribution in [3.8, 4) is 5.75 Å². The molecule has 1 amide bonds. The molecule has 3 rings (SSSR count). The van der Waals surface area contributed by atoms with Crippen molar-refractivity contribution < 1.29 is 18.3 Å². The molecule has 0 saturated carbocycles. The molecule has 166 valence electrons. The van der Waals surface area contributed by atoms with Gasteiger partial charge in [-0.2, -0.15) is 9.41 Å². The first-order chi connectivity index (χ1) is 15.3. The number of hydrogen-bond acceptors (Lipinski definition) is 5. The zero-order valence-electron chi connectivity index (χ0n) is 17.9. The van der Waals surface area contributed by atoms with E-state index < -0.39 is 22.5 Å². The zero-order valence-corrected chi connectivity index (χ0v) is 18.7. The second-order valence-electron chi connectivity index (χ2n) is 7.43. The van der Waals surface area contributed by atoms with E-state index in [9.17, 15) is 18.3 Å². The highest BCUT2D eigenvalue weighted by molar-refractivity contribution is 7.89. The van der Waals surface area contributed by atoms with E-state index in [0.717, 1.165) is 21.0 Å². The Morgan fingerprint density at radius 3 is 2.41 bits per heavy atom. The van der Waals surface area contributed by atoms with E-state index >= 15 is 0 Å². The Balaban J connectivity index is 1.81. The van der Waals surface area contributed by atoms with E-state index in [2.05, 4.69) is 10.5 Å². The van der Waals surface area contributed by atoms with E-state index in [1.54, 1.807) is 30.3 Å². The van der Waals surface area contributed by atoms with Crippen LogP contribution < -0.4 is 5.43 Å². The van der Waals surface area contributed by atoms with Crippen LogP contribution >= 0.6 is 0 Å². The Hall–Kier alpha value is -3.49. The molecule has 0 spiro atoms. The smallest absolute Gasteiger partial charge is 0.255 e. The van der Waals surface area contributed by atoms with Gasteiger partial charge in [0.25, 0.3) is 5.91 Å². The highest BCUT2D eigenvalue weighted by Gasteiger charge is 2.27. The van der Waals surface area contributed by atoms with Crippen molar-refractivity contribution in [2.45, 2.75) is 25.3 Å². The number of nitrogens with zero attached hydrogens (tertiary/aromatic N) is 2. The fraction of sp³-hybridized carbons (Fsp3) is 0.167. The van der Waals surface area contributed by atoms with Crippen LogP contribution in [0.15, 0.2) is 82.8 Å². The molecule has 0 aliphatic heterocycles. The Morgan fingerprint density at radius 1 is 1.00 bits per heavy atom. The number of rotatable bonds is 8. The third-order valence-corrected chi connectivity index (χ3v) is 6.56. The van der Waals surface area contributed by atoms with Crippen LogP contribution in [0.2, 0.25) is 0 Å². The molecule has 0 heterocycles. The number of carbonyl (C=O) groups excluding carboxylic acids is 1. The third-order valence-electron chi connectivity index (χ3n) is 4.75. The second-order valence-corrected chi connectivity index (χ2v) is 9.37. The summed E-state index contributed by atoms with van der Waals surface area (Å²) < 4.78 is 27.7. The Labute approximate surface area is 188 Å². The van der Waals surface area contributed by atoms with Gasteiger partial charge in [-0.1, -0.05) is 59.7 Å². The standard InChI is InChI=1S/C24H25N3O4S/c1-18-10-12-22(13-11-18)32(30,31)27(16-20-7-5-6-19(2)14-20)17-24(29)26-25-15-21-8-3-4-9-23(21)28/h3-15,28H,16-17H2,1-2H3,(H,26,29)/b25-15-. The van der Waals surface area contributed by atoms with Crippen molar-refractivity contribution in [2.24, 2.45) is 5.10 Å². The van der Waals surface area contributed by atoms with Crippen LogP contribution in [0.1, 0.15) is 22.3 Å². The van der Waals surface area contributed by atoms with Gasteiger partial charge in [0.1, 0.15) is 5.75 Å². The lowest BCUT2D eigenvalue weighted by Gasteiger charge is -2.22. The highest BCUT2D eigenvalue weighted by atomic mass is 32.2. The maximum Gasteiger partial charge on any atom is 0.255 e. The van der Waals surface area contributed by atoms with Crippen LogP contribution in [-0.4, -0.2) is 36.5 Å². The van der Waals surface area contributed by atoms with Crippen molar-refractivity contribution in [1.82, 2.24) is 9.73 Å². The molecule has 3 aromatic rings. The van der Waals surface area contributed by atoms with Gasteiger partial charge in [-0.15, -0.1) is 0 Å². The topological polar surface area (TPSA) is 99.1 Å². The van der Waals surface area contributed by atoms with E-state index in [0.29, 0.717) is 5.56 Å². The predicted octanol–water partition coefficient (Wildman–Crippen LogP) is 3.35. The van der Waals surface area contributed by atoms with Gasteiger partial charge in [-0.3, -0.25) is 4.79 Å². The molecule has 0 aliphatic carbocycles. The largest absolute Gasteiger partial charge is 0.507 e. The number of para-hydroxylation sites is 1. The van der Waals surface area contributed by atoms with E-state index in [4.69, 9.17) is 0 Å². The van der Waals surface area contributed by atoms with Gasteiger partial charge in [0.05, 0.1) is 17.7 Å². The van der Waals surface area contributed by atoms with Crippen molar-refractivity contribution in [3.05, 3.63) is 95.1 Å². The second kappa shape index (κ2) is 10.2. The van der Waals surface area contributed by atoms with E-state index in [1.165, 1.54) is 24.4 Å². The summed E-state index contributed by atoms with van der Waals surface area (Å²) in [6.45, 7) is 3.41. The van der Waals surface area contributed by atoms with Gasteiger partial charge in [0.15, 0.2) is 0 Å². The molecular formula is C24H25N3O4S. The van der Waals surface area contributed by atoms with E-state index in [1.807, 2.05) is 38.1 Å². The normalized spacial score (nSPS) is 11.7. The molecule has 32 heavy (non-hydrogen) atoms. The molecule has 0 saturated heterocycles. The summed E-state index contributed by atoms with van der Waals surface area (Å²) >= 11 is 0. The molecule has 0 bridgehead atoms. The molecule has 0 fully saturated rings. The summed E-state index contributed by atoms with van der Waals surface area (Å²) in [5.41, 5.74) is 5.46. The maximum absolute atomic E-state index is 13.3. The van der Waals surface area contributed by atoms with Gasteiger partial charge in [0.2, 0.25) is 10.0 Å². The van der Waals surface area contributed by atoms with Crippen molar-refractivity contribution in [1.29, 1.82) is 0 Å². The number of aryl methyl sites for hydroxylation is 2. The first-order valence-corrected chi connectivity index (χ1v) is 11.4. The number of carbonyl (C=O) groups is 1. The first kappa shape index (κ1) is 23.2. The van der Waals surface area contributed by atoms with Gasteiger partial charge in [-0.25, -0.2) is 13.8 Å². The summed E-state index contributed by atoms with van der Waals surface area (Å²) in [4.78, 5) is 12.6. The average molecular weight is 452 g/mol. The quantitative estimate of drug-likeness (QED) is 0.405. The minimum Gasteiger partial charge on any atom is -0.507 e. The fourth-order valence-electron chi connectivity index (χ4n) is 3.07. The number of amides is 1.